The average Bonchev–Trinajstić information content (AvgIpc) is 2.51. The first-order valence-electron chi connectivity index (χ1n) is 5.95. The summed E-state index contributed by atoms with van der Waals surface area (Å²) in [5.74, 6) is 0. The van der Waals surface area contributed by atoms with Crippen LogP contribution < -0.4 is 5.73 Å². The van der Waals surface area contributed by atoms with Gasteiger partial charge in [0.05, 0.1) is 0 Å². The molecule has 2 heterocycles. The molecule has 2 fully saturated rings. The molecule has 0 radical (unpaired) electrons. The van der Waals surface area contributed by atoms with Crippen molar-refractivity contribution in [3.8, 4) is 0 Å². The molecular weight excluding hydrogens is 174 g/mol. The molecule has 3 heteroatoms. The fourth-order valence-corrected chi connectivity index (χ4v) is 2.71. The minimum absolute atomic E-state index is 0.696. The lowest BCUT2D eigenvalue weighted by Gasteiger charge is -2.41. The Hall–Kier alpha value is -0.120. The van der Waals surface area contributed by atoms with E-state index in [2.05, 4.69) is 16.8 Å². The van der Waals surface area contributed by atoms with Crippen molar-refractivity contribution in [2.24, 2.45) is 5.73 Å². The second-order valence-electron chi connectivity index (χ2n) is 4.78. The molecule has 2 unspecified atom stereocenters. The van der Waals surface area contributed by atoms with E-state index in [9.17, 15) is 0 Å². The molecule has 3 nitrogen and oxygen atoms in total. The van der Waals surface area contributed by atoms with Crippen LogP contribution in [0.2, 0.25) is 0 Å². The third-order valence-corrected chi connectivity index (χ3v) is 3.96. The van der Waals surface area contributed by atoms with Gasteiger partial charge in [-0.1, -0.05) is 0 Å². The summed E-state index contributed by atoms with van der Waals surface area (Å²) in [5.41, 5.74) is 5.68. The Morgan fingerprint density at radius 2 is 2.07 bits per heavy atom. The summed E-state index contributed by atoms with van der Waals surface area (Å²) in [5, 5.41) is 0. The van der Waals surface area contributed by atoms with Gasteiger partial charge in [0, 0.05) is 25.2 Å². The Kier molecular flexibility index (Phi) is 3.42. The minimum Gasteiger partial charge on any atom is -0.329 e. The highest BCUT2D eigenvalue weighted by atomic mass is 15.2. The van der Waals surface area contributed by atoms with E-state index >= 15 is 0 Å². The molecule has 82 valence electrons. The van der Waals surface area contributed by atoms with Gasteiger partial charge in [-0.15, -0.1) is 0 Å². The fourth-order valence-electron chi connectivity index (χ4n) is 2.71. The summed E-state index contributed by atoms with van der Waals surface area (Å²) < 4.78 is 0. The molecule has 0 saturated carbocycles. The van der Waals surface area contributed by atoms with Crippen LogP contribution in [0.25, 0.3) is 0 Å². The molecule has 0 aliphatic carbocycles. The summed E-state index contributed by atoms with van der Waals surface area (Å²) in [7, 11) is 2.26. The number of nitrogens with two attached hydrogens (primary N) is 1. The maximum atomic E-state index is 5.68. The molecule has 2 N–H and O–H groups in total. The third-order valence-electron chi connectivity index (χ3n) is 3.96. The summed E-state index contributed by atoms with van der Waals surface area (Å²) in [6.07, 6.45) is 5.45. The maximum absolute atomic E-state index is 5.68. The molecule has 0 spiro atoms. The van der Waals surface area contributed by atoms with Crippen LogP contribution in [0.3, 0.4) is 0 Å². The molecular formula is C11H23N3. The lowest BCUT2D eigenvalue weighted by molar-refractivity contribution is 0.0862. The number of hydrogen-bond acceptors (Lipinski definition) is 3. The molecule has 2 atom stereocenters. The normalized spacial score (nSPS) is 34.7. The fraction of sp³-hybridized carbons (Fsp3) is 1.00. The van der Waals surface area contributed by atoms with E-state index in [0.29, 0.717) is 6.04 Å². The second kappa shape index (κ2) is 4.60. The highest BCUT2D eigenvalue weighted by Crippen LogP contribution is 2.21. The molecule has 0 aromatic heterocycles. The van der Waals surface area contributed by atoms with Gasteiger partial charge in [0.1, 0.15) is 0 Å². The van der Waals surface area contributed by atoms with Gasteiger partial charge in [0.2, 0.25) is 0 Å². The van der Waals surface area contributed by atoms with Crippen LogP contribution >= 0.6 is 0 Å². The highest BCUT2D eigenvalue weighted by Gasteiger charge is 2.28. The first-order valence-corrected chi connectivity index (χ1v) is 5.95. The Morgan fingerprint density at radius 1 is 1.21 bits per heavy atom. The van der Waals surface area contributed by atoms with Crippen molar-refractivity contribution in [1.29, 1.82) is 0 Å². The van der Waals surface area contributed by atoms with E-state index in [1.54, 1.807) is 0 Å². The first-order chi connectivity index (χ1) is 6.81. The van der Waals surface area contributed by atoms with Gasteiger partial charge in [-0.3, -0.25) is 4.90 Å². The van der Waals surface area contributed by atoms with Crippen molar-refractivity contribution in [2.45, 2.75) is 37.8 Å². The van der Waals surface area contributed by atoms with Crippen LogP contribution in [0.4, 0.5) is 0 Å². The zero-order chi connectivity index (χ0) is 9.97. The SMILES string of the molecule is CN1CCCC1CCN1CCC1CN. The minimum atomic E-state index is 0.696. The van der Waals surface area contributed by atoms with Crippen LogP contribution in [0.15, 0.2) is 0 Å². The zero-order valence-electron chi connectivity index (χ0n) is 9.28. The molecule has 0 amide bonds. The topological polar surface area (TPSA) is 32.5 Å². The summed E-state index contributed by atoms with van der Waals surface area (Å²) >= 11 is 0. The standard InChI is InChI=1S/C11H23N3/c1-13-6-2-3-10(13)4-7-14-8-5-11(14)9-12/h10-11H,2-9,12H2,1H3. The van der Waals surface area contributed by atoms with Crippen LogP contribution in [0.5, 0.6) is 0 Å². The quantitative estimate of drug-likeness (QED) is 0.712. The van der Waals surface area contributed by atoms with Crippen LogP contribution in [-0.2, 0) is 0 Å². The molecule has 0 aromatic carbocycles. The van der Waals surface area contributed by atoms with E-state index in [0.717, 1.165) is 12.6 Å². The zero-order valence-corrected chi connectivity index (χ0v) is 9.28. The van der Waals surface area contributed by atoms with E-state index in [1.807, 2.05) is 0 Å². The Labute approximate surface area is 87.2 Å². The van der Waals surface area contributed by atoms with E-state index in [4.69, 9.17) is 5.73 Å². The molecule has 14 heavy (non-hydrogen) atoms. The van der Waals surface area contributed by atoms with E-state index in [1.165, 1.54) is 45.3 Å². The number of hydrogen-bond donors (Lipinski definition) is 1. The van der Waals surface area contributed by atoms with Crippen molar-refractivity contribution in [1.82, 2.24) is 9.80 Å². The van der Waals surface area contributed by atoms with Gasteiger partial charge in [-0.05, 0) is 45.8 Å². The van der Waals surface area contributed by atoms with Crippen molar-refractivity contribution in [2.75, 3.05) is 33.2 Å². The van der Waals surface area contributed by atoms with Crippen LogP contribution in [0.1, 0.15) is 25.7 Å². The Morgan fingerprint density at radius 3 is 2.57 bits per heavy atom. The van der Waals surface area contributed by atoms with Crippen molar-refractivity contribution in [3.63, 3.8) is 0 Å². The van der Waals surface area contributed by atoms with Gasteiger partial charge >= 0.3 is 0 Å². The van der Waals surface area contributed by atoms with Crippen molar-refractivity contribution < 1.29 is 0 Å². The lowest BCUT2D eigenvalue weighted by Crippen LogP contribution is -2.52. The first kappa shape index (κ1) is 10.4. The molecule has 2 aliphatic rings. The second-order valence-corrected chi connectivity index (χ2v) is 4.78. The van der Waals surface area contributed by atoms with Crippen LogP contribution in [0, 0.1) is 0 Å². The molecule has 2 aliphatic heterocycles. The molecule has 2 rings (SSSR count). The predicted molar refractivity (Wildman–Crippen MR) is 59.3 cm³/mol. The monoisotopic (exact) mass is 197 g/mol. The average molecular weight is 197 g/mol. The highest BCUT2D eigenvalue weighted by molar-refractivity contribution is 4.85. The van der Waals surface area contributed by atoms with E-state index in [-0.39, 0.29) is 0 Å². The predicted octanol–water partition coefficient (Wildman–Crippen LogP) is 0.504. The lowest BCUT2D eigenvalue weighted by atomic mass is 10.0. The summed E-state index contributed by atoms with van der Waals surface area (Å²) in [6, 6.07) is 1.54. The van der Waals surface area contributed by atoms with E-state index < -0.39 is 0 Å². The Bertz CT molecular complexity index is 181. The molecule has 2 saturated heterocycles. The molecule has 0 bridgehead atoms. The van der Waals surface area contributed by atoms with Crippen molar-refractivity contribution >= 4 is 0 Å². The molecule has 0 aromatic rings. The number of nitrogens with zero attached hydrogens (tertiary/aromatic N) is 2. The number of likely N-dealkylation sites (tertiary alicyclic amines) is 2. The van der Waals surface area contributed by atoms with Crippen molar-refractivity contribution in [3.05, 3.63) is 0 Å². The summed E-state index contributed by atoms with van der Waals surface area (Å²) in [4.78, 5) is 5.06. The van der Waals surface area contributed by atoms with Gasteiger partial charge in [-0.2, -0.15) is 0 Å². The third kappa shape index (κ3) is 2.10. The van der Waals surface area contributed by atoms with Gasteiger partial charge in [0.15, 0.2) is 0 Å². The largest absolute Gasteiger partial charge is 0.329 e. The van der Waals surface area contributed by atoms with Gasteiger partial charge in [-0.25, -0.2) is 0 Å². The Balaban J connectivity index is 1.67. The van der Waals surface area contributed by atoms with Gasteiger partial charge < -0.3 is 10.6 Å². The van der Waals surface area contributed by atoms with Gasteiger partial charge in [0.25, 0.3) is 0 Å². The van der Waals surface area contributed by atoms with Crippen LogP contribution in [-0.4, -0.2) is 55.1 Å². The number of rotatable bonds is 4. The summed E-state index contributed by atoms with van der Waals surface area (Å²) in [6.45, 7) is 4.68. The maximum Gasteiger partial charge on any atom is 0.0230 e. The smallest absolute Gasteiger partial charge is 0.0230 e.